The highest BCUT2D eigenvalue weighted by atomic mass is 35.5. The van der Waals surface area contributed by atoms with Crippen LogP contribution < -0.4 is 15.4 Å². The summed E-state index contributed by atoms with van der Waals surface area (Å²) in [6.45, 7) is 0.222. The molecular formula is C19H22ClFN4O4S. The number of alkyl halides is 2. The van der Waals surface area contributed by atoms with Gasteiger partial charge in [0.1, 0.15) is 11.5 Å². The van der Waals surface area contributed by atoms with E-state index in [1.54, 1.807) is 14.1 Å². The summed E-state index contributed by atoms with van der Waals surface area (Å²) in [7, 11) is -0.694. The maximum Gasteiger partial charge on any atom is 0.321 e. The van der Waals surface area contributed by atoms with E-state index in [0.717, 1.165) is 0 Å². The number of benzene rings is 2. The standard InChI is InChI=1S/C19H22ClFN4O4S/c1-19(20,12-21)17(26)22-13-4-6-15(7-5-13)24-30(28,29)16-10-8-14(9-11-16)23-18(27)25(2)3/h4-11,24H,12H2,1-3H3,(H,22,26)(H,23,27). The Kier molecular flexibility index (Phi) is 7.27. The third-order valence-electron chi connectivity index (χ3n) is 3.94. The molecule has 0 fully saturated rings. The van der Waals surface area contributed by atoms with Crippen molar-refractivity contribution in [3.05, 3.63) is 48.5 Å². The van der Waals surface area contributed by atoms with E-state index in [1.165, 1.54) is 60.4 Å². The molecule has 8 nitrogen and oxygen atoms in total. The van der Waals surface area contributed by atoms with Gasteiger partial charge in [-0.2, -0.15) is 0 Å². The third-order valence-corrected chi connectivity index (χ3v) is 5.61. The van der Waals surface area contributed by atoms with Crippen molar-refractivity contribution in [1.29, 1.82) is 0 Å². The van der Waals surface area contributed by atoms with Gasteiger partial charge in [0.15, 0.2) is 0 Å². The summed E-state index contributed by atoms with van der Waals surface area (Å²) >= 11 is 5.76. The number of nitrogens with one attached hydrogen (secondary N) is 3. The van der Waals surface area contributed by atoms with Crippen LogP contribution in [0, 0.1) is 0 Å². The van der Waals surface area contributed by atoms with Crippen molar-refractivity contribution in [1.82, 2.24) is 4.90 Å². The SMILES string of the molecule is CN(C)C(=O)Nc1ccc(S(=O)(=O)Nc2ccc(NC(=O)C(C)(Cl)CF)cc2)cc1. The number of urea groups is 1. The first-order chi connectivity index (χ1) is 13.9. The van der Waals surface area contributed by atoms with Crippen molar-refractivity contribution in [3.8, 4) is 0 Å². The zero-order valence-corrected chi connectivity index (χ0v) is 18.1. The Hall–Kier alpha value is -2.85. The number of anilines is 3. The number of carbonyl (C=O) groups excluding carboxylic acids is 2. The summed E-state index contributed by atoms with van der Waals surface area (Å²) in [6.07, 6.45) is 0. The van der Waals surface area contributed by atoms with Crippen LogP contribution in [0.4, 0.5) is 26.2 Å². The highest BCUT2D eigenvalue weighted by Crippen LogP contribution is 2.22. The van der Waals surface area contributed by atoms with Gasteiger partial charge in [0.05, 0.1) is 4.90 Å². The van der Waals surface area contributed by atoms with Crippen molar-refractivity contribution in [3.63, 3.8) is 0 Å². The molecule has 3 N–H and O–H groups in total. The summed E-state index contributed by atoms with van der Waals surface area (Å²) in [6, 6.07) is 11.1. The Bertz CT molecular complexity index is 1010. The first-order valence-corrected chi connectivity index (χ1v) is 10.6. The van der Waals surface area contributed by atoms with E-state index in [-0.39, 0.29) is 16.6 Å². The van der Waals surface area contributed by atoms with E-state index in [9.17, 15) is 22.4 Å². The lowest BCUT2D eigenvalue weighted by Gasteiger charge is -2.17. The lowest BCUT2D eigenvalue weighted by Crippen LogP contribution is -2.36. The summed E-state index contributed by atoms with van der Waals surface area (Å²) in [5.74, 6) is -0.707. The van der Waals surface area contributed by atoms with Gasteiger partial charge in [-0.3, -0.25) is 9.52 Å². The number of rotatable bonds is 7. The molecule has 0 aliphatic carbocycles. The maximum atomic E-state index is 12.8. The number of hydrogen-bond donors (Lipinski definition) is 3. The van der Waals surface area contributed by atoms with Crippen LogP contribution >= 0.6 is 11.6 Å². The van der Waals surface area contributed by atoms with Gasteiger partial charge in [0, 0.05) is 31.2 Å². The summed E-state index contributed by atoms with van der Waals surface area (Å²) in [5, 5.41) is 5.07. The van der Waals surface area contributed by atoms with Gasteiger partial charge >= 0.3 is 6.03 Å². The monoisotopic (exact) mass is 456 g/mol. The third kappa shape index (κ3) is 6.07. The largest absolute Gasteiger partial charge is 0.331 e. The molecule has 1 unspecified atom stereocenters. The fourth-order valence-electron chi connectivity index (χ4n) is 2.11. The molecule has 0 saturated carbocycles. The first-order valence-electron chi connectivity index (χ1n) is 8.72. The molecule has 2 aromatic rings. The summed E-state index contributed by atoms with van der Waals surface area (Å²) in [5.41, 5.74) is 1.05. The van der Waals surface area contributed by atoms with Gasteiger partial charge in [-0.25, -0.2) is 17.6 Å². The Morgan fingerprint density at radius 3 is 1.93 bits per heavy atom. The average Bonchev–Trinajstić information content (AvgIpc) is 2.69. The molecule has 0 saturated heterocycles. The minimum absolute atomic E-state index is 0.00332. The van der Waals surface area contributed by atoms with Crippen LogP contribution in [0.1, 0.15) is 6.92 Å². The zero-order valence-electron chi connectivity index (χ0n) is 16.6. The Balaban J connectivity index is 2.06. The molecule has 2 rings (SSSR count). The van der Waals surface area contributed by atoms with Crippen molar-refractivity contribution in [2.45, 2.75) is 16.7 Å². The van der Waals surface area contributed by atoms with Gasteiger partial charge in [-0.15, -0.1) is 11.6 Å². The molecule has 30 heavy (non-hydrogen) atoms. The molecule has 0 aromatic heterocycles. The van der Waals surface area contributed by atoms with E-state index in [4.69, 9.17) is 11.6 Å². The molecule has 0 heterocycles. The lowest BCUT2D eigenvalue weighted by atomic mass is 10.1. The zero-order chi connectivity index (χ0) is 22.5. The number of nitrogens with zero attached hydrogens (tertiary/aromatic N) is 1. The lowest BCUT2D eigenvalue weighted by molar-refractivity contribution is -0.118. The van der Waals surface area contributed by atoms with Crippen LogP contribution in [0.5, 0.6) is 0 Å². The molecule has 0 bridgehead atoms. The number of carbonyl (C=O) groups is 2. The maximum absolute atomic E-state index is 12.8. The van der Waals surface area contributed by atoms with Gasteiger partial charge in [-0.05, 0) is 55.5 Å². The second-order valence-electron chi connectivity index (χ2n) is 6.82. The molecule has 162 valence electrons. The number of sulfonamides is 1. The fraction of sp³-hybridized carbons (Fsp3) is 0.263. The summed E-state index contributed by atoms with van der Waals surface area (Å²) in [4.78, 5) is 23.2. The Labute approximate surface area is 179 Å². The summed E-state index contributed by atoms with van der Waals surface area (Å²) < 4.78 is 40.3. The minimum Gasteiger partial charge on any atom is -0.331 e. The fourth-order valence-corrected chi connectivity index (χ4v) is 3.22. The van der Waals surface area contributed by atoms with Crippen molar-refractivity contribution >= 4 is 50.6 Å². The van der Waals surface area contributed by atoms with E-state index < -0.39 is 27.5 Å². The van der Waals surface area contributed by atoms with E-state index in [1.807, 2.05) is 0 Å². The minimum atomic E-state index is -3.87. The van der Waals surface area contributed by atoms with Gasteiger partial charge in [0.25, 0.3) is 10.0 Å². The van der Waals surface area contributed by atoms with E-state index >= 15 is 0 Å². The van der Waals surface area contributed by atoms with E-state index in [2.05, 4.69) is 15.4 Å². The smallest absolute Gasteiger partial charge is 0.321 e. The quantitative estimate of drug-likeness (QED) is 0.554. The second kappa shape index (κ2) is 9.31. The molecule has 0 aliphatic heterocycles. The predicted molar refractivity (Wildman–Crippen MR) is 115 cm³/mol. The van der Waals surface area contributed by atoms with Crippen molar-refractivity contribution < 1.29 is 22.4 Å². The van der Waals surface area contributed by atoms with Crippen LogP contribution in [0.25, 0.3) is 0 Å². The topological polar surface area (TPSA) is 108 Å². The molecule has 11 heteroatoms. The van der Waals surface area contributed by atoms with Crippen LogP contribution in [0.15, 0.2) is 53.4 Å². The molecule has 0 aliphatic rings. The number of halogens is 2. The van der Waals surface area contributed by atoms with E-state index in [0.29, 0.717) is 11.4 Å². The molecule has 3 amide bonds. The second-order valence-corrected chi connectivity index (χ2v) is 9.33. The van der Waals surface area contributed by atoms with Crippen LogP contribution in [-0.2, 0) is 14.8 Å². The molecule has 0 radical (unpaired) electrons. The highest BCUT2D eigenvalue weighted by molar-refractivity contribution is 7.92. The van der Waals surface area contributed by atoms with Gasteiger partial charge in [0.2, 0.25) is 5.91 Å². The first kappa shape index (κ1) is 23.4. The molecule has 1 atom stereocenters. The highest BCUT2D eigenvalue weighted by Gasteiger charge is 2.30. The van der Waals surface area contributed by atoms with Crippen LogP contribution in [-0.4, -0.2) is 50.9 Å². The predicted octanol–water partition coefficient (Wildman–Crippen LogP) is 3.49. The molecule has 2 aromatic carbocycles. The van der Waals surface area contributed by atoms with Crippen LogP contribution in [0.3, 0.4) is 0 Å². The van der Waals surface area contributed by atoms with Crippen molar-refractivity contribution in [2.75, 3.05) is 36.1 Å². The molecule has 0 spiro atoms. The molecular weight excluding hydrogens is 435 g/mol. The number of hydrogen-bond acceptors (Lipinski definition) is 4. The Morgan fingerprint density at radius 2 is 1.43 bits per heavy atom. The Morgan fingerprint density at radius 1 is 0.967 bits per heavy atom. The van der Waals surface area contributed by atoms with Crippen molar-refractivity contribution in [2.24, 2.45) is 0 Å². The van der Waals surface area contributed by atoms with Gasteiger partial charge in [-0.1, -0.05) is 0 Å². The average molecular weight is 457 g/mol. The normalized spacial score (nSPS) is 13.1. The number of amides is 3. The van der Waals surface area contributed by atoms with Crippen LogP contribution in [0.2, 0.25) is 0 Å². The van der Waals surface area contributed by atoms with Gasteiger partial charge < -0.3 is 15.5 Å².